The van der Waals surface area contributed by atoms with Crippen LogP contribution in [0.4, 0.5) is 10.6 Å². The summed E-state index contributed by atoms with van der Waals surface area (Å²) in [6, 6.07) is 4.00. The molecule has 1 aliphatic heterocycles. The smallest absolute Gasteiger partial charge is 0.408 e. The van der Waals surface area contributed by atoms with Gasteiger partial charge in [0.1, 0.15) is 11.4 Å². The molecule has 0 aliphatic carbocycles. The van der Waals surface area contributed by atoms with Crippen LogP contribution in [0.5, 0.6) is 0 Å². The molecule has 0 atom stereocenters. The van der Waals surface area contributed by atoms with E-state index in [4.69, 9.17) is 9.47 Å². The molecule has 0 aromatic carbocycles. The van der Waals surface area contributed by atoms with Crippen molar-refractivity contribution in [3.05, 3.63) is 23.9 Å². The third-order valence-electron chi connectivity index (χ3n) is 4.39. The quantitative estimate of drug-likeness (QED) is 0.286. The molecule has 10 heteroatoms. The number of alkyl carbamates (subject to hydrolysis) is 1. The molecule has 0 unspecified atom stereocenters. The number of hydrogen-bond donors (Lipinski definition) is 3. The SMILES string of the molecule is CN=C(NCc1cccnc1N1CCOCC1)NCC(C)(C)NC(=O)OC(C)(C)C.I. The third-order valence-corrected chi connectivity index (χ3v) is 4.39. The van der Waals surface area contributed by atoms with Gasteiger partial charge in [0.05, 0.1) is 18.8 Å². The monoisotopic (exact) mass is 548 g/mol. The van der Waals surface area contributed by atoms with E-state index < -0.39 is 17.2 Å². The number of guanidine groups is 1. The maximum Gasteiger partial charge on any atom is 0.408 e. The number of aromatic nitrogens is 1. The molecule has 1 aromatic heterocycles. The molecule has 9 nitrogen and oxygen atoms in total. The zero-order valence-electron chi connectivity index (χ0n) is 19.4. The zero-order valence-corrected chi connectivity index (χ0v) is 21.8. The van der Waals surface area contributed by atoms with E-state index in [0.717, 1.165) is 24.5 Å². The van der Waals surface area contributed by atoms with E-state index in [1.165, 1.54) is 0 Å². The van der Waals surface area contributed by atoms with Crippen molar-refractivity contribution in [2.24, 2.45) is 4.99 Å². The van der Waals surface area contributed by atoms with E-state index in [2.05, 4.69) is 36.9 Å². The van der Waals surface area contributed by atoms with Crippen LogP contribution in [0.15, 0.2) is 23.3 Å². The number of halogens is 1. The first-order valence-corrected chi connectivity index (χ1v) is 10.3. The van der Waals surface area contributed by atoms with Crippen molar-refractivity contribution >= 4 is 41.8 Å². The molecule has 0 radical (unpaired) electrons. The van der Waals surface area contributed by atoms with E-state index in [1.807, 2.05) is 46.9 Å². The van der Waals surface area contributed by atoms with Crippen molar-refractivity contribution in [1.82, 2.24) is 20.9 Å². The molecule has 2 rings (SSSR count). The van der Waals surface area contributed by atoms with Crippen LogP contribution in [-0.2, 0) is 16.0 Å². The van der Waals surface area contributed by atoms with Crippen LogP contribution in [0.25, 0.3) is 0 Å². The Kier molecular flexibility index (Phi) is 10.8. The fourth-order valence-corrected chi connectivity index (χ4v) is 2.96. The van der Waals surface area contributed by atoms with Crippen molar-refractivity contribution in [2.75, 3.05) is 44.8 Å². The summed E-state index contributed by atoms with van der Waals surface area (Å²) in [5.74, 6) is 1.61. The number of amides is 1. The van der Waals surface area contributed by atoms with E-state index in [1.54, 1.807) is 7.05 Å². The number of aliphatic imine (C=N–C) groups is 1. The van der Waals surface area contributed by atoms with Gasteiger partial charge in [-0.25, -0.2) is 9.78 Å². The molecule has 176 valence electrons. The van der Waals surface area contributed by atoms with Gasteiger partial charge in [-0.15, -0.1) is 24.0 Å². The topological polar surface area (TPSA) is 100 Å². The van der Waals surface area contributed by atoms with Crippen LogP contribution in [0.1, 0.15) is 40.2 Å². The predicted molar refractivity (Wildman–Crippen MR) is 134 cm³/mol. The summed E-state index contributed by atoms with van der Waals surface area (Å²) >= 11 is 0. The fraction of sp³-hybridized carbons (Fsp3) is 0.667. The minimum absolute atomic E-state index is 0. The molecule has 0 bridgehead atoms. The van der Waals surface area contributed by atoms with Crippen LogP contribution in [-0.4, -0.2) is 68.1 Å². The predicted octanol–water partition coefficient (Wildman–Crippen LogP) is 2.50. The number of hydrogen-bond acceptors (Lipinski definition) is 6. The second kappa shape index (κ2) is 12.3. The molecular formula is C21H37IN6O3. The molecule has 31 heavy (non-hydrogen) atoms. The molecular weight excluding hydrogens is 511 g/mol. The van der Waals surface area contributed by atoms with E-state index in [-0.39, 0.29) is 24.0 Å². The summed E-state index contributed by atoms with van der Waals surface area (Å²) in [7, 11) is 1.72. The van der Waals surface area contributed by atoms with Crippen molar-refractivity contribution in [1.29, 1.82) is 0 Å². The summed E-state index contributed by atoms with van der Waals surface area (Å²) in [6.45, 7) is 13.5. The highest BCUT2D eigenvalue weighted by Crippen LogP contribution is 2.18. The first-order valence-electron chi connectivity index (χ1n) is 10.3. The number of carbonyl (C=O) groups is 1. The van der Waals surface area contributed by atoms with Gasteiger partial charge < -0.3 is 30.3 Å². The minimum Gasteiger partial charge on any atom is -0.444 e. The normalized spacial score (nSPS) is 15.0. The van der Waals surface area contributed by atoms with Gasteiger partial charge in [0.25, 0.3) is 0 Å². The number of nitrogens with one attached hydrogen (secondary N) is 3. The second-order valence-electron chi connectivity index (χ2n) is 8.88. The number of anilines is 1. The second-order valence-corrected chi connectivity index (χ2v) is 8.88. The third kappa shape index (κ3) is 9.90. The van der Waals surface area contributed by atoms with Crippen molar-refractivity contribution < 1.29 is 14.3 Å². The first-order chi connectivity index (χ1) is 14.1. The molecule has 1 fully saturated rings. The Morgan fingerprint density at radius 1 is 1.23 bits per heavy atom. The average molecular weight is 548 g/mol. The minimum atomic E-state index is -0.535. The van der Waals surface area contributed by atoms with Gasteiger partial charge in [-0.3, -0.25) is 4.99 Å². The number of ether oxygens (including phenoxy) is 2. The van der Waals surface area contributed by atoms with Crippen LogP contribution >= 0.6 is 24.0 Å². The van der Waals surface area contributed by atoms with E-state index in [9.17, 15) is 4.79 Å². The number of morpholine rings is 1. The number of nitrogens with zero attached hydrogens (tertiary/aromatic N) is 3. The Balaban J connectivity index is 0.00000480. The highest BCUT2D eigenvalue weighted by atomic mass is 127. The highest BCUT2D eigenvalue weighted by molar-refractivity contribution is 14.0. The molecule has 1 amide bonds. The lowest BCUT2D eigenvalue weighted by molar-refractivity contribution is 0.0474. The Morgan fingerprint density at radius 2 is 1.90 bits per heavy atom. The largest absolute Gasteiger partial charge is 0.444 e. The lowest BCUT2D eigenvalue weighted by atomic mass is 10.1. The highest BCUT2D eigenvalue weighted by Gasteiger charge is 2.25. The van der Waals surface area contributed by atoms with Gasteiger partial charge in [-0.1, -0.05) is 6.07 Å². The Hall–Kier alpha value is -1.82. The van der Waals surface area contributed by atoms with Gasteiger partial charge >= 0.3 is 6.09 Å². The first kappa shape index (κ1) is 27.2. The molecule has 3 N–H and O–H groups in total. The number of carbonyl (C=O) groups excluding carboxylic acids is 1. The maximum absolute atomic E-state index is 12.1. The average Bonchev–Trinajstić information content (AvgIpc) is 2.67. The van der Waals surface area contributed by atoms with Crippen LogP contribution < -0.4 is 20.9 Å². The number of rotatable bonds is 6. The summed E-state index contributed by atoms with van der Waals surface area (Å²) in [5.41, 5.74) is 0.0359. The van der Waals surface area contributed by atoms with Gasteiger partial charge in [0, 0.05) is 45.0 Å². The number of pyridine rings is 1. The fourth-order valence-electron chi connectivity index (χ4n) is 2.96. The van der Waals surface area contributed by atoms with Crippen LogP contribution in [0.3, 0.4) is 0 Å². The van der Waals surface area contributed by atoms with Gasteiger partial charge in [0.2, 0.25) is 0 Å². The molecule has 1 saturated heterocycles. The van der Waals surface area contributed by atoms with Gasteiger partial charge in [-0.2, -0.15) is 0 Å². The summed E-state index contributed by atoms with van der Waals surface area (Å²) < 4.78 is 10.8. The lowest BCUT2D eigenvalue weighted by Gasteiger charge is -2.30. The van der Waals surface area contributed by atoms with Gasteiger partial charge in [-0.05, 0) is 40.7 Å². The summed E-state index contributed by atoms with van der Waals surface area (Å²) in [5, 5.41) is 9.47. The van der Waals surface area contributed by atoms with Crippen LogP contribution in [0.2, 0.25) is 0 Å². The molecule has 0 saturated carbocycles. The Morgan fingerprint density at radius 3 is 2.52 bits per heavy atom. The summed E-state index contributed by atoms with van der Waals surface area (Å²) in [4.78, 5) is 23.1. The van der Waals surface area contributed by atoms with Crippen molar-refractivity contribution in [3.63, 3.8) is 0 Å². The van der Waals surface area contributed by atoms with Crippen molar-refractivity contribution in [2.45, 2.75) is 52.3 Å². The molecule has 1 aliphatic rings. The van der Waals surface area contributed by atoms with Crippen LogP contribution in [0, 0.1) is 0 Å². The zero-order chi connectivity index (χ0) is 22.2. The molecule has 2 heterocycles. The van der Waals surface area contributed by atoms with E-state index >= 15 is 0 Å². The van der Waals surface area contributed by atoms with Crippen molar-refractivity contribution in [3.8, 4) is 0 Å². The Labute approximate surface area is 202 Å². The molecule has 0 spiro atoms. The maximum atomic E-state index is 12.1. The van der Waals surface area contributed by atoms with Gasteiger partial charge in [0.15, 0.2) is 5.96 Å². The lowest BCUT2D eigenvalue weighted by Crippen LogP contribution is -2.54. The van der Waals surface area contributed by atoms with E-state index in [0.29, 0.717) is 32.3 Å². The standard InChI is InChI=1S/C21H36N6O3.HI/c1-20(2,3)30-19(28)26-21(4,5)15-25-18(22-6)24-14-16-8-7-9-23-17(16)27-10-12-29-13-11-27;/h7-9H,10-15H2,1-6H3,(H,26,28)(H2,22,24,25);1H. The molecule has 1 aromatic rings. The Bertz CT molecular complexity index is 730. The summed E-state index contributed by atoms with van der Waals surface area (Å²) in [6.07, 6.45) is 1.37.